The average molecular weight is 304 g/mol. The van der Waals surface area contributed by atoms with Crippen molar-refractivity contribution in [1.82, 2.24) is 14.4 Å². The zero-order valence-corrected chi connectivity index (χ0v) is 13.8. The predicted molar refractivity (Wildman–Crippen MR) is 81.1 cm³/mol. The molecule has 1 aromatic rings. The third-order valence-corrected chi connectivity index (χ3v) is 4.68. The Morgan fingerprint density at radius 2 is 1.86 bits per heavy atom. The first-order chi connectivity index (χ1) is 10.4. The molecule has 0 saturated carbocycles. The fourth-order valence-electron chi connectivity index (χ4n) is 3.17. The molecular weight excluding hydrogens is 282 g/mol. The maximum atomic E-state index is 12.6. The number of carbonyl (C=O) groups is 2. The van der Waals surface area contributed by atoms with Gasteiger partial charge in [0.2, 0.25) is 11.9 Å². The Labute approximate surface area is 129 Å². The molecule has 3 rings (SSSR count). The number of likely N-dealkylation sites (N-methyl/N-ethyl adjacent to an activating group) is 2. The van der Waals surface area contributed by atoms with Gasteiger partial charge in [0.05, 0.1) is 6.54 Å². The van der Waals surface area contributed by atoms with E-state index in [1.165, 1.54) is 16.8 Å². The molecule has 2 aliphatic rings. The van der Waals surface area contributed by atoms with Gasteiger partial charge >= 0.3 is 12.0 Å². The molecule has 0 aliphatic carbocycles. The first kappa shape index (κ1) is 14.7. The number of imide groups is 1. The van der Waals surface area contributed by atoms with E-state index in [-0.39, 0.29) is 11.9 Å². The van der Waals surface area contributed by atoms with Gasteiger partial charge in [-0.2, -0.15) is 0 Å². The van der Waals surface area contributed by atoms with Crippen LogP contribution in [0.1, 0.15) is 37.2 Å². The van der Waals surface area contributed by atoms with Crippen LogP contribution in [0.3, 0.4) is 0 Å². The molecule has 2 aliphatic heterocycles. The van der Waals surface area contributed by atoms with E-state index in [9.17, 15) is 9.59 Å². The number of unbranched alkanes of at least 4 members (excludes halogenated alkanes) is 1. The highest BCUT2D eigenvalue weighted by Gasteiger charge is 2.53. The highest BCUT2D eigenvalue weighted by Crippen LogP contribution is 2.34. The van der Waals surface area contributed by atoms with Crippen LogP contribution in [0, 0.1) is 13.8 Å². The Balaban J connectivity index is 2.15. The number of aliphatic imine (C=N–C) groups is 1. The quantitative estimate of drug-likeness (QED) is 0.790. The van der Waals surface area contributed by atoms with Crippen LogP contribution in [0.4, 0.5) is 10.7 Å². The van der Waals surface area contributed by atoms with E-state index >= 15 is 0 Å². The predicted octanol–water partition coefficient (Wildman–Crippen LogP) is 1.30. The lowest BCUT2D eigenvalue weighted by Crippen LogP contribution is -2.56. The first-order valence-electron chi connectivity index (χ1n) is 7.65. The zero-order chi connectivity index (χ0) is 16.2. The SMILES string of the molecule is CCCC[n+]1c(C)c(C)n2c1N=C1C2C(=O)N(C)C(=O)N1C. The molecule has 0 radical (unpaired) electrons. The van der Waals surface area contributed by atoms with Gasteiger partial charge in [0.25, 0.3) is 5.91 Å². The Morgan fingerprint density at radius 1 is 1.18 bits per heavy atom. The summed E-state index contributed by atoms with van der Waals surface area (Å²) in [5.41, 5.74) is 2.15. The monoisotopic (exact) mass is 304 g/mol. The molecule has 7 heteroatoms. The second-order valence-electron chi connectivity index (χ2n) is 5.96. The topological polar surface area (TPSA) is 61.8 Å². The van der Waals surface area contributed by atoms with Gasteiger partial charge in [-0.05, 0) is 20.3 Å². The number of imidazole rings is 1. The number of amides is 3. The number of aromatic nitrogens is 2. The fourth-order valence-corrected chi connectivity index (χ4v) is 3.17. The minimum atomic E-state index is -0.524. The molecule has 3 amide bonds. The molecule has 0 bridgehead atoms. The second-order valence-corrected chi connectivity index (χ2v) is 5.96. The number of carbonyl (C=O) groups excluding carboxylic acids is 2. The average Bonchev–Trinajstić information content (AvgIpc) is 2.99. The molecule has 0 spiro atoms. The van der Waals surface area contributed by atoms with Crippen molar-refractivity contribution in [2.24, 2.45) is 4.99 Å². The molecule has 1 fully saturated rings. The molecule has 3 heterocycles. The summed E-state index contributed by atoms with van der Waals surface area (Å²) in [6, 6.07) is -0.857. The van der Waals surface area contributed by atoms with Crippen molar-refractivity contribution < 1.29 is 14.2 Å². The number of rotatable bonds is 3. The van der Waals surface area contributed by atoms with Gasteiger partial charge in [-0.3, -0.25) is 14.6 Å². The van der Waals surface area contributed by atoms with E-state index in [0.717, 1.165) is 36.7 Å². The van der Waals surface area contributed by atoms with Crippen molar-refractivity contribution in [1.29, 1.82) is 0 Å². The Hall–Kier alpha value is -2.18. The van der Waals surface area contributed by atoms with Crippen molar-refractivity contribution >= 4 is 23.7 Å². The van der Waals surface area contributed by atoms with Crippen molar-refractivity contribution in [3.8, 4) is 0 Å². The number of fused-ring (bicyclic) bond motifs is 3. The third-order valence-electron chi connectivity index (χ3n) is 4.68. The van der Waals surface area contributed by atoms with Crippen LogP contribution in [0.15, 0.2) is 4.99 Å². The number of hydrogen-bond acceptors (Lipinski definition) is 3. The number of amidine groups is 1. The van der Waals surface area contributed by atoms with Gasteiger partial charge in [-0.15, -0.1) is 0 Å². The van der Waals surface area contributed by atoms with Gasteiger partial charge in [-0.25, -0.2) is 13.9 Å². The summed E-state index contributed by atoms with van der Waals surface area (Å²) >= 11 is 0. The van der Waals surface area contributed by atoms with Gasteiger partial charge < -0.3 is 0 Å². The Bertz CT molecular complexity index is 703. The summed E-state index contributed by atoms with van der Waals surface area (Å²) in [5.74, 6) is 1.07. The van der Waals surface area contributed by atoms with Crippen LogP contribution < -0.4 is 4.57 Å². The zero-order valence-electron chi connectivity index (χ0n) is 13.8. The molecule has 118 valence electrons. The van der Waals surface area contributed by atoms with Crippen molar-refractivity contribution in [3.05, 3.63) is 11.4 Å². The molecule has 1 atom stereocenters. The summed E-state index contributed by atoms with van der Waals surface area (Å²) in [6.45, 7) is 7.08. The highest BCUT2D eigenvalue weighted by atomic mass is 16.2. The largest absolute Gasteiger partial charge is 0.402 e. The lowest BCUT2D eigenvalue weighted by Gasteiger charge is -2.30. The van der Waals surface area contributed by atoms with Crippen LogP contribution in [0.25, 0.3) is 0 Å². The van der Waals surface area contributed by atoms with E-state index in [1.807, 2.05) is 11.5 Å². The number of urea groups is 1. The Morgan fingerprint density at radius 3 is 2.50 bits per heavy atom. The molecule has 1 aromatic heterocycles. The molecule has 0 N–H and O–H groups in total. The minimum absolute atomic E-state index is 0.221. The van der Waals surface area contributed by atoms with Crippen LogP contribution in [-0.4, -0.2) is 46.2 Å². The van der Waals surface area contributed by atoms with Gasteiger partial charge in [0, 0.05) is 14.1 Å². The van der Waals surface area contributed by atoms with Crippen LogP contribution in [-0.2, 0) is 11.3 Å². The van der Waals surface area contributed by atoms with Crippen LogP contribution >= 0.6 is 0 Å². The number of nitrogens with zero attached hydrogens (tertiary/aromatic N) is 5. The normalized spacial score (nSPS) is 20.4. The molecule has 22 heavy (non-hydrogen) atoms. The van der Waals surface area contributed by atoms with E-state index in [0.29, 0.717) is 5.84 Å². The molecule has 1 saturated heterocycles. The van der Waals surface area contributed by atoms with Crippen molar-refractivity contribution in [2.75, 3.05) is 14.1 Å². The van der Waals surface area contributed by atoms with Crippen LogP contribution in [0.5, 0.6) is 0 Å². The van der Waals surface area contributed by atoms with Crippen molar-refractivity contribution in [2.45, 2.75) is 46.2 Å². The maximum Gasteiger partial charge on any atom is 0.402 e. The van der Waals surface area contributed by atoms with Crippen LogP contribution in [0.2, 0.25) is 0 Å². The van der Waals surface area contributed by atoms with E-state index < -0.39 is 6.04 Å². The first-order valence-corrected chi connectivity index (χ1v) is 7.65. The van der Waals surface area contributed by atoms with Gasteiger partial charge in [0.15, 0.2) is 0 Å². The van der Waals surface area contributed by atoms with E-state index in [2.05, 4.69) is 23.4 Å². The summed E-state index contributed by atoms with van der Waals surface area (Å²) < 4.78 is 4.11. The fraction of sp³-hybridized carbons (Fsp3) is 0.600. The summed E-state index contributed by atoms with van der Waals surface area (Å²) in [5, 5.41) is 0. The Kier molecular flexibility index (Phi) is 3.30. The second kappa shape index (κ2) is 4.93. The van der Waals surface area contributed by atoms with Crippen molar-refractivity contribution in [3.63, 3.8) is 0 Å². The summed E-state index contributed by atoms with van der Waals surface area (Å²) in [4.78, 5) is 31.9. The maximum absolute atomic E-state index is 12.6. The number of hydrogen-bond donors (Lipinski definition) is 0. The lowest BCUT2D eigenvalue weighted by atomic mass is 10.1. The van der Waals surface area contributed by atoms with Gasteiger partial charge in [0.1, 0.15) is 11.4 Å². The molecule has 7 nitrogen and oxygen atoms in total. The summed E-state index contributed by atoms with van der Waals surface area (Å²) in [6.07, 6.45) is 2.15. The standard InChI is InChI=1S/C15H22N5O2/c1-6-7-8-19-9(2)10(3)20-11-12(16-14(19)20)17(4)15(22)18(5)13(11)21/h11H,6-8H2,1-5H3/q+1. The molecule has 1 unspecified atom stereocenters. The minimum Gasteiger partial charge on any atom is -0.270 e. The smallest absolute Gasteiger partial charge is 0.270 e. The van der Waals surface area contributed by atoms with E-state index in [4.69, 9.17) is 0 Å². The molecular formula is C15H22N5O2+. The van der Waals surface area contributed by atoms with E-state index in [1.54, 1.807) is 7.05 Å². The molecule has 0 aromatic carbocycles. The highest BCUT2D eigenvalue weighted by molar-refractivity contribution is 6.20. The lowest BCUT2D eigenvalue weighted by molar-refractivity contribution is -0.689. The van der Waals surface area contributed by atoms with Gasteiger partial charge in [-0.1, -0.05) is 18.3 Å². The summed E-state index contributed by atoms with van der Waals surface area (Å²) in [7, 11) is 3.19. The third kappa shape index (κ3) is 1.74.